The van der Waals surface area contributed by atoms with Gasteiger partial charge in [0.05, 0.1) is 0 Å². The largest absolute Gasteiger partial charge is 0.399 e. The SMILES string of the molecule is Nc1ccccc1C[C@]12CCC3=C4CCC(=O)C=C4CC[C@H]3[C@@H]1CCC2=O. The summed E-state index contributed by atoms with van der Waals surface area (Å²) in [6, 6.07) is 8.04. The number of allylic oxidation sites excluding steroid dienone is 4. The van der Waals surface area contributed by atoms with Crippen LogP contribution in [0.1, 0.15) is 56.9 Å². The molecular formula is C24H27NO2. The van der Waals surface area contributed by atoms with Gasteiger partial charge in [-0.05, 0) is 85.6 Å². The molecule has 3 heteroatoms. The van der Waals surface area contributed by atoms with Gasteiger partial charge in [0.15, 0.2) is 5.78 Å². The molecule has 0 amide bonds. The fourth-order valence-electron chi connectivity index (χ4n) is 6.48. The molecule has 3 nitrogen and oxygen atoms in total. The molecule has 0 saturated heterocycles. The molecule has 2 fully saturated rings. The number of hydrogen-bond acceptors (Lipinski definition) is 3. The van der Waals surface area contributed by atoms with Crippen LogP contribution in [-0.2, 0) is 16.0 Å². The second-order valence-electron chi connectivity index (χ2n) is 8.88. The second-order valence-corrected chi connectivity index (χ2v) is 8.88. The molecule has 2 saturated carbocycles. The van der Waals surface area contributed by atoms with Gasteiger partial charge in [-0.25, -0.2) is 0 Å². The minimum Gasteiger partial charge on any atom is -0.399 e. The maximum atomic E-state index is 13.1. The quantitative estimate of drug-likeness (QED) is 0.785. The molecule has 4 aliphatic rings. The smallest absolute Gasteiger partial charge is 0.156 e. The maximum Gasteiger partial charge on any atom is 0.156 e. The Labute approximate surface area is 160 Å². The van der Waals surface area contributed by atoms with Gasteiger partial charge in [0.2, 0.25) is 0 Å². The number of nitrogens with two attached hydrogens (primary N) is 1. The van der Waals surface area contributed by atoms with Crippen LogP contribution in [0.15, 0.2) is 47.1 Å². The summed E-state index contributed by atoms with van der Waals surface area (Å²) in [5.41, 5.74) is 12.3. The third-order valence-corrected chi connectivity index (χ3v) is 7.74. The van der Waals surface area contributed by atoms with Crippen LogP contribution >= 0.6 is 0 Å². The van der Waals surface area contributed by atoms with Crippen molar-refractivity contribution in [2.75, 3.05) is 5.73 Å². The molecule has 4 aliphatic carbocycles. The number of nitrogen functional groups attached to an aromatic ring is 1. The molecule has 1 aromatic carbocycles. The number of carbonyl (C=O) groups is 2. The van der Waals surface area contributed by atoms with E-state index in [1.54, 1.807) is 5.57 Å². The van der Waals surface area contributed by atoms with Gasteiger partial charge >= 0.3 is 0 Å². The highest BCUT2D eigenvalue weighted by molar-refractivity contribution is 5.93. The molecule has 0 unspecified atom stereocenters. The molecule has 0 spiro atoms. The molecule has 0 aliphatic heterocycles. The summed E-state index contributed by atoms with van der Waals surface area (Å²) >= 11 is 0. The van der Waals surface area contributed by atoms with E-state index in [1.165, 1.54) is 11.1 Å². The first kappa shape index (κ1) is 17.0. The van der Waals surface area contributed by atoms with Gasteiger partial charge in [-0.15, -0.1) is 0 Å². The molecule has 5 rings (SSSR count). The lowest BCUT2D eigenvalue weighted by molar-refractivity contribution is -0.129. The van der Waals surface area contributed by atoms with E-state index in [0.717, 1.165) is 62.6 Å². The molecule has 0 radical (unpaired) electrons. The minimum absolute atomic E-state index is 0.226. The summed E-state index contributed by atoms with van der Waals surface area (Å²) < 4.78 is 0. The Morgan fingerprint density at radius 1 is 1.00 bits per heavy atom. The number of rotatable bonds is 2. The van der Waals surface area contributed by atoms with Gasteiger partial charge in [-0.3, -0.25) is 9.59 Å². The van der Waals surface area contributed by atoms with Crippen LogP contribution in [0.25, 0.3) is 0 Å². The minimum atomic E-state index is -0.226. The van der Waals surface area contributed by atoms with Crippen molar-refractivity contribution in [2.24, 2.45) is 17.3 Å². The standard InChI is InChI=1S/C24H27NO2/c25-22-4-2-1-3-16(22)14-24-12-11-19-18-8-6-17(26)13-15(18)5-7-20(19)21(24)9-10-23(24)27/h1-4,13,20-21H,5-12,14,25H2/t20-,21+,24-/m1/s1. The van der Waals surface area contributed by atoms with Crippen LogP contribution in [0.2, 0.25) is 0 Å². The highest BCUT2D eigenvalue weighted by atomic mass is 16.1. The topological polar surface area (TPSA) is 60.2 Å². The summed E-state index contributed by atoms with van der Waals surface area (Å²) in [6.07, 6.45) is 10.1. The van der Waals surface area contributed by atoms with E-state index >= 15 is 0 Å². The van der Waals surface area contributed by atoms with Gasteiger partial charge in [0.25, 0.3) is 0 Å². The van der Waals surface area contributed by atoms with Crippen molar-refractivity contribution < 1.29 is 9.59 Å². The van der Waals surface area contributed by atoms with Crippen molar-refractivity contribution in [1.82, 2.24) is 0 Å². The van der Waals surface area contributed by atoms with E-state index in [1.807, 2.05) is 24.3 Å². The summed E-state index contributed by atoms with van der Waals surface area (Å²) in [5.74, 6) is 1.71. The van der Waals surface area contributed by atoms with Gasteiger partial charge in [-0.2, -0.15) is 0 Å². The van der Waals surface area contributed by atoms with Crippen molar-refractivity contribution in [3.63, 3.8) is 0 Å². The number of anilines is 1. The summed E-state index contributed by atoms with van der Waals surface area (Å²) in [6.45, 7) is 0. The third kappa shape index (κ3) is 2.55. The third-order valence-electron chi connectivity index (χ3n) is 7.74. The Morgan fingerprint density at radius 3 is 2.70 bits per heavy atom. The predicted molar refractivity (Wildman–Crippen MR) is 106 cm³/mol. The first-order valence-corrected chi connectivity index (χ1v) is 10.4. The van der Waals surface area contributed by atoms with Crippen LogP contribution in [-0.4, -0.2) is 11.6 Å². The normalized spacial score (nSPS) is 32.7. The van der Waals surface area contributed by atoms with Crippen molar-refractivity contribution in [3.8, 4) is 0 Å². The molecular weight excluding hydrogens is 334 g/mol. The molecule has 0 bridgehead atoms. The van der Waals surface area contributed by atoms with Crippen molar-refractivity contribution >= 4 is 17.3 Å². The molecule has 2 N–H and O–H groups in total. The molecule has 1 aromatic rings. The van der Waals surface area contributed by atoms with Crippen molar-refractivity contribution in [2.45, 2.75) is 57.8 Å². The Morgan fingerprint density at radius 2 is 1.85 bits per heavy atom. The van der Waals surface area contributed by atoms with E-state index in [4.69, 9.17) is 5.73 Å². The number of fused-ring (bicyclic) bond motifs is 4. The number of carbonyl (C=O) groups excluding carboxylic acids is 2. The molecule has 27 heavy (non-hydrogen) atoms. The number of ketones is 2. The summed E-state index contributed by atoms with van der Waals surface area (Å²) in [5, 5.41) is 0. The Bertz CT molecular complexity index is 893. The maximum absolute atomic E-state index is 13.1. The van der Waals surface area contributed by atoms with Crippen LogP contribution in [0.4, 0.5) is 5.69 Å². The van der Waals surface area contributed by atoms with E-state index in [0.29, 0.717) is 24.0 Å². The molecule has 0 heterocycles. The Hall–Kier alpha value is -2.16. The number of para-hydroxylation sites is 1. The molecule has 0 aromatic heterocycles. The van der Waals surface area contributed by atoms with E-state index < -0.39 is 0 Å². The van der Waals surface area contributed by atoms with Crippen LogP contribution in [0, 0.1) is 17.3 Å². The Balaban J connectivity index is 1.53. The average molecular weight is 361 g/mol. The van der Waals surface area contributed by atoms with Gasteiger partial charge in [0, 0.05) is 23.9 Å². The van der Waals surface area contributed by atoms with E-state index in [-0.39, 0.29) is 11.2 Å². The number of hydrogen-bond donors (Lipinski definition) is 1. The van der Waals surface area contributed by atoms with E-state index in [2.05, 4.69) is 6.07 Å². The molecule has 140 valence electrons. The monoisotopic (exact) mass is 361 g/mol. The average Bonchev–Trinajstić information content (AvgIpc) is 3.00. The van der Waals surface area contributed by atoms with Crippen LogP contribution < -0.4 is 5.73 Å². The summed E-state index contributed by atoms with van der Waals surface area (Å²) in [7, 11) is 0. The molecule has 3 atom stereocenters. The second kappa shape index (κ2) is 6.19. The first-order chi connectivity index (χ1) is 13.1. The van der Waals surface area contributed by atoms with Crippen LogP contribution in [0.5, 0.6) is 0 Å². The fourth-order valence-corrected chi connectivity index (χ4v) is 6.48. The zero-order valence-electron chi connectivity index (χ0n) is 15.8. The van der Waals surface area contributed by atoms with Crippen LogP contribution in [0.3, 0.4) is 0 Å². The van der Waals surface area contributed by atoms with Gasteiger partial charge in [-0.1, -0.05) is 23.8 Å². The highest BCUT2D eigenvalue weighted by Gasteiger charge is 2.56. The van der Waals surface area contributed by atoms with Gasteiger partial charge in [0.1, 0.15) is 5.78 Å². The lowest BCUT2D eigenvalue weighted by atomic mass is 9.55. The lowest BCUT2D eigenvalue weighted by Crippen LogP contribution is -2.44. The van der Waals surface area contributed by atoms with E-state index in [9.17, 15) is 9.59 Å². The van der Waals surface area contributed by atoms with Crippen molar-refractivity contribution in [3.05, 3.63) is 52.6 Å². The highest BCUT2D eigenvalue weighted by Crippen LogP contribution is 2.60. The Kier molecular flexibility index (Phi) is 3.89. The zero-order valence-corrected chi connectivity index (χ0v) is 15.8. The van der Waals surface area contributed by atoms with Gasteiger partial charge < -0.3 is 5.73 Å². The zero-order chi connectivity index (χ0) is 18.6. The number of benzene rings is 1. The number of Topliss-reactive ketones (excluding diaryl/α,β-unsaturated/α-hetero) is 1. The lowest BCUT2D eigenvalue weighted by Gasteiger charge is -2.48. The first-order valence-electron chi connectivity index (χ1n) is 10.4. The van der Waals surface area contributed by atoms with Crippen molar-refractivity contribution in [1.29, 1.82) is 0 Å². The summed E-state index contributed by atoms with van der Waals surface area (Å²) in [4.78, 5) is 25.0. The fraction of sp³-hybridized carbons (Fsp3) is 0.500. The predicted octanol–water partition coefficient (Wildman–Crippen LogP) is 4.57.